The number of nitrogens with zero attached hydrogens (tertiary/aromatic N) is 1. The summed E-state index contributed by atoms with van der Waals surface area (Å²) in [7, 11) is 0. The van der Waals surface area contributed by atoms with Crippen LogP contribution in [0.4, 0.5) is 4.79 Å². The smallest absolute Gasteiger partial charge is 0.408 e. The highest BCUT2D eigenvalue weighted by Crippen LogP contribution is 2.31. The van der Waals surface area contributed by atoms with Crippen LogP contribution in [-0.4, -0.2) is 57.0 Å². The summed E-state index contributed by atoms with van der Waals surface area (Å²) in [6, 6.07) is 2.11. The fourth-order valence-corrected chi connectivity index (χ4v) is 4.21. The number of benzene rings is 1. The van der Waals surface area contributed by atoms with E-state index < -0.39 is 53.1 Å². The van der Waals surface area contributed by atoms with E-state index in [0.717, 1.165) is 6.42 Å². The molecule has 0 aliphatic carbocycles. The van der Waals surface area contributed by atoms with Gasteiger partial charge >= 0.3 is 6.09 Å². The van der Waals surface area contributed by atoms with Crippen LogP contribution in [0.15, 0.2) is 18.2 Å². The Morgan fingerprint density at radius 2 is 1.60 bits per heavy atom. The van der Waals surface area contributed by atoms with Crippen LogP contribution in [0.2, 0.25) is 0 Å². The zero-order chi connectivity index (χ0) is 31.0. The molecule has 1 rings (SSSR count). The van der Waals surface area contributed by atoms with Gasteiger partial charge in [0.1, 0.15) is 23.4 Å². The second-order valence-corrected chi connectivity index (χ2v) is 13.0. The average molecular weight is 563 g/mol. The van der Waals surface area contributed by atoms with Gasteiger partial charge in [-0.2, -0.15) is 0 Å². The number of aryl methyl sites for hydroxylation is 1. The molecule has 10 heteroatoms. The normalized spacial score (nSPS) is 14.2. The molecule has 0 radical (unpaired) electrons. The van der Waals surface area contributed by atoms with Crippen molar-refractivity contribution in [3.63, 3.8) is 0 Å². The summed E-state index contributed by atoms with van der Waals surface area (Å²) in [4.78, 5) is 54.1. The number of aromatic hydroxyl groups is 1. The van der Waals surface area contributed by atoms with E-state index in [-0.39, 0.29) is 18.6 Å². The lowest BCUT2D eigenvalue weighted by Gasteiger charge is -2.40. The van der Waals surface area contributed by atoms with E-state index in [1.165, 1.54) is 11.0 Å². The largest absolute Gasteiger partial charge is 0.508 e. The Morgan fingerprint density at radius 3 is 2.08 bits per heavy atom. The number of primary amides is 1. The number of phenolic OH excluding ortho intramolecular Hbond substituents is 1. The molecule has 0 heterocycles. The van der Waals surface area contributed by atoms with Gasteiger partial charge in [0.05, 0.1) is 0 Å². The number of hydrogen-bond donors (Lipinski definition) is 4. The molecule has 5 N–H and O–H groups in total. The van der Waals surface area contributed by atoms with Gasteiger partial charge in [-0.25, -0.2) is 4.79 Å². The molecular weight excluding hydrogens is 512 g/mol. The minimum Gasteiger partial charge on any atom is -0.508 e. The topological polar surface area (TPSA) is 151 Å². The van der Waals surface area contributed by atoms with E-state index in [1.54, 1.807) is 39.8 Å². The predicted octanol–water partition coefficient (Wildman–Crippen LogP) is 4.47. The van der Waals surface area contributed by atoms with Gasteiger partial charge in [0.2, 0.25) is 17.7 Å². The van der Waals surface area contributed by atoms with Crippen LogP contribution >= 0.6 is 0 Å². The zero-order valence-corrected chi connectivity index (χ0v) is 25.9. The van der Waals surface area contributed by atoms with Crippen LogP contribution in [-0.2, 0) is 19.1 Å². The molecule has 1 aromatic rings. The predicted molar refractivity (Wildman–Crippen MR) is 155 cm³/mol. The molecule has 3 atom stereocenters. The standard InChI is InChI=1S/C30H50N4O6/c1-18(2)11-12-20(4)34(27(38)22(14-16-24(31)36)32-28(39)40-30(8,9)10)25(26(37)33-29(5,6)7)21-13-15-23(35)19(3)17-21/h13,15,17-18,20,22,25,35H,11-12,14,16H2,1-10H3,(H2,31,36)(H,32,39)(H,33,37). The molecule has 0 aromatic heterocycles. The third-order valence-electron chi connectivity index (χ3n) is 6.12. The second kappa shape index (κ2) is 14.4. The Morgan fingerprint density at radius 1 is 1.00 bits per heavy atom. The fourth-order valence-electron chi connectivity index (χ4n) is 4.21. The molecule has 0 saturated heterocycles. The first-order valence-corrected chi connectivity index (χ1v) is 13.9. The van der Waals surface area contributed by atoms with Crippen molar-refractivity contribution in [1.82, 2.24) is 15.5 Å². The summed E-state index contributed by atoms with van der Waals surface area (Å²) in [5, 5.41) is 15.8. The van der Waals surface area contributed by atoms with Crippen molar-refractivity contribution in [2.45, 2.75) is 124 Å². The highest BCUT2D eigenvalue weighted by Gasteiger charge is 2.40. The highest BCUT2D eigenvalue weighted by atomic mass is 16.6. The summed E-state index contributed by atoms with van der Waals surface area (Å²) < 4.78 is 5.39. The lowest BCUT2D eigenvalue weighted by Crippen LogP contribution is -2.57. The van der Waals surface area contributed by atoms with Crippen LogP contribution in [0, 0.1) is 12.8 Å². The zero-order valence-electron chi connectivity index (χ0n) is 25.9. The lowest BCUT2D eigenvalue weighted by atomic mass is 9.95. The first-order chi connectivity index (χ1) is 18.2. The first kappa shape index (κ1) is 34.7. The van der Waals surface area contributed by atoms with E-state index in [2.05, 4.69) is 24.5 Å². The molecule has 0 spiro atoms. The molecule has 0 fully saturated rings. The SMILES string of the molecule is Cc1cc(C(C(=O)NC(C)(C)C)N(C(=O)C(CCC(N)=O)NC(=O)OC(C)(C)C)C(C)CCC(C)C)ccc1O. The van der Waals surface area contributed by atoms with Gasteiger partial charge in [0.15, 0.2) is 0 Å². The van der Waals surface area contributed by atoms with Crippen LogP contribution in [0.1, 0.15) is 105 Å². The molecule has 226 valence electrons. The summed E-state index contributed by atoms with van der Waals surface area (Å²) >= 11 is 0. The van der Waals surface area contributed by atoms with Gasteiger partial charge in [-0.1, -0.05) is 19.9 Å². The van der Waals surface area contributed by atoms with Crippen LogP contribution in [0.5, 0.6) is 5.75 Å². The Kier molecular flexibility index (Phi) is 12.5. The monoisotopic (exact) mass is 562 g/mol. The van der Waals surface area contributed by atoms with E-state index >= 15 is 0 Å². The third-order valence-corrected chi connectivity index (χ3v) is 6.12. The molecule has 0 aliphatic heterocycles. The number of amides is 4. The molecular formula is C30H50N4O6. The molecule has 10 nitrogen and oxygen atoms in total. The quantitative estimate of drug-likeness (QED) is 0.295. The molecule has 1 aromatic carbocycles. The summed E-state index contributed by atoms with van der Waals surface area (Å²) in [5.41, 5.74) is 5.03. The molecule has 0 saturated carbocycles. The minimum absolute atomic E-state index is 0.0652. The van der Waals surface area contributed by atoms with Crippen molar-refractivity contribution < 1.29 is 29.0 Å². The van der Waals surface area contributed by atoms with Crippen LogP contribution in [0.25, 0.3) is 0 Å². The van der Waals surface area contributed by atoms with E-state index in [0.29, 0.717) is 23.5 Å². The van der Waals surface area contributed by atoms with Crippen LogP contribution in [0.3, 0.4) is 0 Å². The van der Waals surface area contributed by atoms with Crippen molar-refractivity contribution in [2.75, 3.05) is 0 Å². The van der Waals surface area contributed by atoms with Gasteiger partial charge in [0.25, 0.3) is 0 Å². The number of carbonyl (C=O) groups is 4. The summed E-state index contributed by atoms with van der Waals surface area (Å²) in [6.45, 7) is 18.4. The van der Waals surface area contributed by atoms with Gasteiger partial charge < -0.3 is 31.1 Å². The number of rotatable bonds is 12. The average Bonchev–Trinajstić information content (AvgIpc) is 2.77. The minimum atomic E-state index is -1.17. The number of alkyl carbamates (subject to hydrolysis) is 1. The third kappa shape index (κ3) is 11.8. The van der Waals surface area contributed by atoms with Crippen LogP contribution < -0.4 is 16.4 Å². The van der Waals surface area contributed by atoms with Crippen molar-refractivity contribution >= 4 is 23.8 Å². The first-order valence-electron chi connectivity index (χ1n) is 13.9. The molecule has 40 heavy (non-hydrogen) atoms. The molecule has 4 amide bonds. The molecule has 0 bridgehead atoms. The second-order valence-electron chi connectivity index (χ2n) is 13.0. The highest BCUT2D eigenvalue weighted by molar-refractivity contribution is 5.93. The van der Waals surface area contributed by atoms with Gasteiger partial charge in [-0.05, 0) is 104 Å². The Balaban J connectivity index is 3.73. The van der Waals surface area contributed by atoms with E-state index in [1.807, 2.05) is 27.7 Å². The molecule has 0 aliphatic rings. The van der Waals surface area contributed by atoms with Crippen molar-refractivity contribution in [2.24, 2.45) is 11.7 Å². The van der Waals surface area contributed by atoms with E-state index in [9.17, 15) is 24.3 Å². The maximum Gasteiger partial charge on any atom is 0.408 e. The van der Waals surface area contributed by atoms with Gasteiger partial charge in [0, 0.05) is 18.0 Å². The van der Waals surface area contributed by atoms with Gasteiger partial charge in [-0.3, -0.25) is 14.4 Å². The number of nitrogens with one attached hydrogen (secondary N) is 2. The number of phenols is 1. The lowest BCUT2D eigenvalue weighted by molar-refractivity contribution is -0.146. The summed E-state index contributed by atoms with van der Waals surface area (Å²) in [5.74, 6) is -1.16. The summed E-state index contributed by atoms with van der Waals surface area (Å²) in [6.07, 6.45) is 0.342. The number of carbonyl (C=O) groups excluding carboxylic acids is 4. The Hall–Kier alpha value is -3.30. The Labute approximate surface area is 239 Å². The van der Waals surface area contributed by atoms with Crippen molar-refractivity contribution in [1.29, 1.82) is 0 Å². The molecule has 3 unspecified atom stereocenters. The van der Waals surface area contributed by atoms with E-state index in [4.69, 9.17) is 10.5 Å². The number of nitrogens with two attached hydrogens (primary N) is 1. The fraction of sp³-hybridized carbons (Fsp3) is 0.667. The number of ether oxygens (including phenoxy) is 1. The van der Waals surface area contributed by atoms with Crippen molar-refractivity contribution in [3.8, 4) is 5.75 Å². The maximum atomic E-state index is 14.4. The maximum absolute atomic E-state index is 14.4. The Bertz CT molecular complexity index is 1040. The number of hydrogen-bond acceptors (Lipinski definition) is 6. The van der Waals surface area contributed by atoms with Gasteiger partial charge in [-0.15, -0.1) is 0 Å². The van der Waals surface area contributed by atoms with Crippen molar-refractivity contribution in [3.05, 3.63) is 29.3 Å².